The van der Waals surface area contributed by atoms with Crippen molar-refractivity contribution in [2.75, 3.05) is 6.61 Å². The van der Waals surface area contributed by atoms with Gasteiger partial charge in [0, 0.05) is 26.9 Å². The molecule has 5 aromatic rings. The van der Waals surface area contributed by atoms with E-state index in [2.05, 4.69) is 28.8 Å². The number of amides is 1. The Morgan fingerprint density at radius 2 is 1.67 bits per heavy atom. The maximum atomic E-state index is 12.3. The second-order valence-corrected chi connectivity index (χ2v) is 8.37. The Morgan fingerprint density at radius 1 is 0.909 bits per heavy atom. The number of fused-ring (bicyclic) bond motifs is 3. The summed E-state index contributed by atoms with van der Waals surface area (Å²) in [5.74, 6) is 0.422. The Hall–Kier alpha value is -3.76. The summed E-state index contributed by atoms with van der Waals surface area (Å²) in [5.41, 5.74) is 11.5. The van der Waals surface area contributed by atoms with Gasteiger partial charge in [-0.3, -0.25) is 4.79 Å². The molecule has 5 heteroatoms. The van der Waals surface area contributed by atoms with Crippen LogP contribution in [0, 0.1) is 0 Å². The summed E-state index contributed by atoms with van der Waals surface area (Å²) in [6.45, 7) is 3.17. The molecule has 5 rings (SSSR count). The van der Waals surface area contributed by atoms with Gasteiger partial charge in [-0.1, -0.05) is 60.1 Å². The van der Waals surface area contributed by atoms with E-state index in [1.165, 1.54) is 0 Å². The van der Waals surface area contributed by atoms with Crippen LogP contribution in [0.2, 0.25) is 5.02 Å². The second kappa shape index (κ2) is 8.64. The van der Waals surface area contributed by atoms with E-state index < -0.39 is 5.91 Å². The predicted octanol–water partition coefficient (Wildman–Crippen LogP) is 6.66. The number of ether oxygens (including phenoxy) is 1. The molecule has 164 valence electrons. The monoisotopic (exact) mass is 454 g/mol. The Balaban J connectivity index is 1.78. The number of nitrogens with two attached hydrogens (primary N) is 1. The molecule has 0 unspecified atom stereocenters. The largest absolute Gasteiger partial charge is 0.494 e. The van der Waals surface area contributed by atoms with Gasteiger partial charge >= 0.3 is 0 Å². The summed E-state index contributed by atoms with van der Waals surface area (Å²) < 4.78 is 8.11. The Morgan fingerprint density at radius 3 is 2.42 bits per heavy atom. The zero-order valence-corrected chi connectivity index (χ0v) is 19.0. The summed E-state index contributed by atoms with van der Waals surface area (Å²) in [7, 11) is 0. The Bertz CT molecular complexity index is 1490. The van der Waals surface area contributed by atoms with Gasteiger partial charge in [-0.15, -0.1) is 0 Å². The number of carbonyl (C=O) groups is 1. The fourth-order valence-corrected chi connectivity index (χ4v) is 4.57. The zero-order valence-electron chi connectivity index (χ0n) is 18.2. The molecule has 2 N–H and O–H groups in total. The van der Waals surface area contributed by atoms with E-state index in [-0.39, 0.29) is 0 Å². The minimum atomic E-state index is -0.434. The summed E-state index contributed by atoms with van der Waals surface area (Å²) >= 11 is 6.09. The zero-order chi connectivity index (χ0) is 22.9. The highest BCUT2D eigenvalue weighted by atomic mass is 35.5. The van der Waals surface area contributed by atoms with Crippen molar-refractivity contribution in [3.63, 3.8) is 0 Å². The Labute approximate surface area is 197 Å². The van der Waals surface area contributed by atoms with Crippen molar-refractivity contribution < 1.29 is 9.53 Å². The molecule has 0 saturated carbocycles. The fraction of sp³-hybridized carbons (Fsp3) is 0.107. The lowest BCUT2D eigenvalue weighted by molar-refractivity contribution is 0.100. The topological polar surface area (TPSA) is 57.2 Å². The first-order valence-electron chi connectivity index (χ1n) is 10.9. The summed E-state index contributed by atoms with van der Waals surface area (Å²) in [6, 6.07) is 27.8. The van der Waals surface area contributed by atoms with Crippen molar-refractivity contribution in [1.82, 2.24) is 4.57 Å². The molecule has 0 saturated heterocycles. The number of rotatable bonds is 6. The van der Waals surface area contributed by atoms with Gasteiger partial charge in [-0.05, 0) is 54.4 Å². The first-order valence-corrected chi connectivity index (χ1v) is 11.3. The number of nitrogens with zero attached hydrogens (tertiary/aromatic N) is 1. The van der Waals surface area contributed by atoms with Crippen LogP contribution in [0.5, 0.6) is 5.75 Å². The molecular formula is C28H23ClN2O2. The van der Waals surface area contributed by atoms with Crippen LogP contribution in [-0.2, 0) is 6.54 Å². The predicted molar refractivity (Wildman–Crippen MR) is 135 cm³/mol. The third kappa shape index (κ3) is 3.83. The molecule has 1 amide bonds. The molecule has 4 nitrogen and oxygen atoms in total. The van der Waals surface area contributed by atoms with Gasteiger partial charge in [0.25, 0.3) is 0 Å². The third-order valence-corrected chi connectivity index (χ3v) is 6.19. The van der Waals surface area contributed by atoms with E-state index in [0.717, 1.165) is 44.2 Å². The number of halogens is 1. The smallest absolute Gasteiger partial charge is 0.249 e. The number of aromatic nitrogens is 1. The molecule has 0 aliphatic heterocycles. The molecule has 1 aromatic heterocycles. The highest BCUT2D eigenvalue weighted by molar-refractivity contribution is 6.30. The van der Waals surface area contributed by atoms with Crippen LogP contribution in [0.3, 0.4) is 0 Å². The van der Waals surface area contributed by atoms with Crippen molar-refractivity contribution in [2.24, 2.45) is 5.73 Å². The van der Waals surface area contributed by atoms with Gasteiger partial charge in [-0.25, -0.2) is 0 Å². The minimum absolute atomic E-state index is 0.434. The molecule has 0 spiro atoms. The van der Waals surface area contributed by atoms with Crippen LogP contribution in [0.25, 0.3) is 32.9 Å². The van der Waals surface area contributed by atoms with Gasteiger partial charge < -0.3 is 15.0 Å². The highest BCUT2D eigenvalue weighted by Gasteiger charge is 2.18. The summed E-state index contributed by atoms with van der Waals surface area (Å²) in [6.07, 6.45) is 0. The molecule has 0 radical (unpaired) electrons. The fourth-order valence-electron chi connectivity index (χ4n) is 4.44. The van der Waals surface area contributed by atoms with Crippen molar-refractivity contribution in [1.29, 1.82) is 0 Å². The van der Waals surface area contributed by atoms with Crippen molar-refractivity contribution in [3.8, 4) is 16.9 Å². The van der Waals surface area contributed by atoms with Gasteiger partial charge in [-0.2, -0.15) is 0 Å². The van der Waals surface area contributed by atoms with E-state index in [1.807, 2.05) is 61.5 Å². The molecule has 0 aliphatic carbocycles. The first kappa shape index (κ1) is 21.1. The van der Waals surface area contributed by atoms with Gasteiger partial charge in [0.1, 0.15) is 5.75 Å². The SMILES string of the molecule is CCOc1ccccc1Cn1c2cc(-c3ccc(Cl)cc3)ccc2c2c(C(N)=O)cccc21. The molecule has 1 heterocycles. The Kier molecular flexibility index (Phi) is 5.53. The van der Waals surface area contributed by atoms with Crippen molar-refractivity contribution >= 4 is 39.3 Å². The van der Waals surface area contributed by atoms with E-state index >= 15 is 0 Å². The number of para-hydroxylation sites is 1. The minimum Gasteiger partial charge on any atom is -0.494 e. The quantitative estimate of drug-likeness (QED) is 0.312. The van der Waals surface area contributed by atoms with Gasteiger partial charge in [0.15, 0.2) is 0 Å². The van der Waals surface area contributed by atoms with E-state index in [4.69, 9.17) is 22.1 Å². The number of hydrogen-bond donors (Lipinski definition) is 1. The maximum Gasteiger partial charge on any atom is 0.249 e. The normalized spacial score (nSPS) is 11.2. The molecule has 0 fully saturated rings. The van der Waals surface area contributed by atoms with Crippen LogP contribution in [0.15, 0.2) is 84.9 Å². The maximum absolute atomic E-state index is 12.3. The van der Waals surface area contributed by atoms with Crippen LogP contribution < -0.4 is 10.5 Å². The van der Waals surface area contributed by atoms with Crippen molar-refractivity contribution in [2.45, 2.75) is 13.5 Å². The summed E-state index contributed by atoms with van der Waals surface area (Å²) in [4.78, 5) is 12.3. The number of primary amides is 1. The van der Waals surface area contributed by atoms with E-state index in [0.29, 0.717) is 23.7 Å². The van der Waals surface area contributed by atoms with Crippen LogP contribution >= 0.6 is 11.6 Å². The molecule has 4 aromatic carbocycles. The first-order chi connectivity index (χ1) is 16.1. The molecule has 0 atom stereocenters. The van der Waals surface area contributed by atoms with Crippen molar-refractivity contribution in [3.05, 3.63) is 101 Å². The van der Waals surface area contributed by atoms with Gasteiger partial charge in [0.2, 0.25) is 5.91 Å². The average Bonchev–Trinajstić information content (AvgIpc) is 3.14. The molecular weight excluding hydrogens is 432 g/mol. The van der Waals surface area contributed by atoms with E-state index in [9.17, 15) is 4.79 Å². The lowest BCUT2D eigenvalue weighted by Gasteiger charge is -2.13. The third-order valence-electron chi connectivity index (χ3n) is 5.94. The average molecular weight is 455 g/mol. The molecule has 33 heavy (non-hydrogen) atoms. The molecule has 0 bridgehead atoms. The van der Waals surface area contributed by atoms with Gasteiger partial charge in [0.05, 0.1) is 24.2 Å². The van der Waals surface area contributed by atoms with Crippen LogP contribution in [0.4, 0.5) is 0 Å². The highest BCUT2D eigenvalue weighted by Crippen LogP contribution is 2.36. The van der Waals surface area contributed by atoms with Crippen LogP contribution in [-0.4, -0.2) is 17.1 Å². The molecule has 0 aliphatic rings. The van der Waals surface area contributed by atoms with E-state index in [1.54, 1.807) is 6.07 Å². The second-order valence-electron chi connectivity index (χ2n) is 7.93. The lowest BCUT2D eigenvalue weighted by atomic mass is 10.0. The number of carbonyl (C=O) groups excluding carboxylic acids is 1. The number of hydrogen-bond acceptors (Lipinski definition) is 2. The lowest BCUT2D eigenvalue weighted by Crippen LogP contribution is -2.11. The standard InChI is InChI=1S/C28H23ClN2O2/c1-2-33-26-9-4-3-6-20(26)17-31-24-8-5-7-23(28(30)32)27(24)22-15-12-19(16-25(22)31)18-10-13-21(29)14-11-18/h3-16H,2,17H2,1H3,(H2,30,32). The summed E-state index contributed by atoms with van der Waals surface area (Å²) in [5, 5.41) is 2.56. The number of benzene rings is 4. The van der Waals surface area contributed by atoms with Crippen LogP contribution in [0.1, 0.15) is 22.8 Å².